The summed E-state index contributed by atoms with van der Waals surface area (Å²) in [4.78, 5) is 26.2. The van der Waals surface area contributed by atoms with E-state index in [1.807, 2.05) is 32.0 Å². The molecule has 152 valence electrons. The van der Waals surface area contributed by atoms with Crippen molar-refractivity contribution in [2.45, 2.75) is 26.5 Å². The third kappa shape index (κ3) is 4.97. The molecule has 2 amide bonds. The molecule has 1 aliphatic heterocycles. The second kappa shape index (κ2) is 9.24. The van der Waals surface area contributed by atoms with Crippen molar-refractivity contribution >= 4 is 56.5 Å². The number of carbonyl (C=O) groups is 2. The molecule has 1 saturated heterocycles. The second-order valence-corrected chi connectivity index (χ2v) is 8.88. The van der Waals surface area contributed by atoms with Gasteiger partial charge in [-0.1, -0.05) is 23.7 Å². The average Bonchev–Trinajstić information content (AvgIpc) is 2.95. The maximum absolute atomic E-state index is 12.5. The monoisotopic (exact) mass is 495 g/mol. The molecule has 1 aliphatic rings. The van der Waals surface area contributed by atoms with Gasteiger partial charge in [-0.3, -0.25) is 14.5 Å². The summed E-state index contributed by atoms with van der Waals surface area (Å²) >= 11 is 10.4. The fourth-order valence-corrected chi connectivity index (χ4v) is 4.44. The van der Waals surface area contributed by atoms with E-state index in [4.69, 9.17) is 21.1 Å². The fraction of sp³-hybridized carbons (Fsp3) is 0.238. The first kappa shape index (κ1) is 21.7. The summed E-state index contributed by atoms with van der Waals surface area (Å²) < 4.78 is 12.1. The quantitative estimate of drug-likeness (QED) is 0.450. The summed E-state index contributed by atoms with van der Waals surface area (Å²) in [5.74, 6) is 0.783. The minimum atomic E-state index is -0.284. The van der Waals surface area contributed by atoms with Gasteiger partial charge in [0.15, 0.2) is 11.5 Å². The Morgan fingerprint density at radius 2 is 1.90 bits per heavy atom. The van der Waals surface area contributed by atoms with Crippen LogP contribution in [0.2, 0.25) is 5.02 Å². The summed E-state index contributed by atoms with van der Waals surface area (Å²) in [6, 6.07) is 10.8. The van der Waals surface area contributed by atoms with Crippen LogP contribution in [-0.4, -0.2) is 29.2 Å². The molecule has 0 N–H and O–H groups in total. The van der Waals surface area contributed by atoms with E-state index in [9.17, 15) is 9.59 Å². The minimum absolute atomic E-state index is 0.182. The third-order valence-electron chi connectivity index (χ3n) is 4.19. The third-order valence-corrected chi connectivity index (χ3v) is 5.91. The summed E-state index contributed by atoms with van der Waals surface area (Å²) in [5.41, 5.74) is 1.69. The zero-order valence-corrected chi connectivity index (χ0v) is 19.2. The summed E-state index contributed by atoms with van der Waals surface area (Å²) in [6.45, 7) is 3.97. The zero-order valence-electron chi connectivity index (χ0n) is 16.1. The fourth-order valence-electron chi connectivity index (χ4n) is 2.78. The van der Waals surface area contributed by atoms with Crippen molar-refractivity contribution in [2.75, 3.05) is 7.11 Å². The van der Waals surface area contributed by atoms with Crippen molar-refractivity contribution in [2.24, 2.45) is 0 Å². The molecule has 2 aromatic carbocycles. The molecule has 29 heavy (non-hydrogen) atoms. The van der Waals surface area contributed by atoms with Gasteiger partial charge in [0.05, 0.1) is 16.5 Å². The van der Waals surface area contributed by atoms with Crippen LogP contribution in [0.4, 0.5) is 4.79 Å². The van der Waals surface area contributed by atoms with Crippen molar-refractivity contribution in [1.82, 2.24) is 4.90 Å². The molecule has 5 nitrogen and oxygen atoms in total. The maximum atomic E-state index is 12.5. The molecule has 1 heterocycles. The molecule has 0 aromatic heterocycles. The predicted molar refractivity (Wildman–Crippen MR) is 119 cm³/mol. The number of carbonyl (C=O) groups excluding carboxylic acids is 2. The molecule has 0 atom stereocenters. The molecule has 3 rings (SSSR count). The molecule has 0 unspecified atom stereocenters. The van der Waals surface area contributed by atoms with Crippen molar-refractivity contribution in [1.29, 1.82) is 0 Å². The minimum Gasteiger partial charge on any atom is -0.493 e. The first-order valence-electron chi connectivity index (χ1n) is 8.82. The van der Waals surface area contributed by atoms with Crippen LogP contribution in [0.1, 0.15) is 25.0 Å². The van der Waals surface area contributed by atoms with Crippen molar-refractivity contribution < 1.29 is 19.1 Å². The number of amides is 2. The number of thioether (sulfide) groups is 1. The van der Waals surface area contributed by atoms with E-state index in [0.717, 1.165) is 22.9 Å². The van der Waals surface area contributed by atoms with Gasteiger partial charge in [0.1, 0.15) is 6.61 Å². The molecule has 0 aliphatic carbocycles. The summed E-state index contributed by atoms with van der Waals surface area (Å²) in [6.07, 6.45) is 1.68. The highest BCUT2D eigenvalue weighted by atomic mass is 79.9. The van der Waals surface area contributed by atoms with Gasteiger partial charge in [0, 0.05) is 11.1 Å². The topological polar surface area (TPSA) is 55.8 Å². The number of hydrogen-bond acceptors (Lipinski definition) is 5. The van der Waals surface area contributed by atoms with Gasteiger partial charge in [-0.05, 0) is 83.0 Å². The number of methoxy groups -OCH3 is 1. The van der Waals surface area contributed by atoms with Gasteiger partial charge in [-0.25, -0.2) is 0 Å². The first-order valence-corrected chi connectivity index (χ1v) is 10.8. The van der Waals surface area contributed by atoms with Gasteiger partial charge < -0.3 is 9.47 Å². The molecule has 1 fully saturated rings. The molecule has 0 spiro atoms. The SMILES string of the molecule is COc1cc(/C=C2\SC(=O)N(C(C)C)C2=O)cc(Br)c1OCc1ccc(Cl)cc1. The van der Waals surface area contributed by atoms with Gasteiger partial charge in [-0.2, -0.15) is 0 Å². The molecule has 8 heteroatoms. The van der Waals surface area contributed by atoms with E-state index < -0.39 is 0 Å². The predicted octanol–water partition coefficient (Wildman–Crippen LogP) is 6.13. The van der Waals surface area contributed by atoms with Crippen LogP contribution >= 0.6 is 39.3 Å². The highest BCUT2D eigenvalue weighted by molar-refractivity contribution is 9.10. The van der Waals surface area contributed by atoms with Crippen LogP contribution < -0.4 is 9.47 Å². The Morgan fingerprint density at radius 3 is 2.48 bits per heavy atom. The smallest absolute Gasteiger partial charge is 0.293 e. The highest BCUT2D eigenvalue weighted by Gasteiger charge is 2.36. The Labute approximate surface area is 187 Å². The Morgan fingerprint density at radius 1 is 1.21 bits per heavy atom. The van der Waals surface area contributed by atoms with Crippen molar-refractivity contribution in [3.8, 4) is 11.5 Å². The van der Waals surface area contributed by atoms with E-state index in [-0.39, 0.29) is 17.2 Å². The van der Waals surface area contributed by atoms with E-state index in [2.05, 4.69) is 15.9 Å². The van der Waals surface area contributed by atoms with E-state index in [0.29, 0.717) is 32.5 Å². The van der Waals surface area contributed by atoms with Gasteiger partial charge in [-0.15, -0.1) is 0 Å². The van der Waals surface area contributed by atoms with Crippen molar-refractivity contribution in [3.63, 3.8) is 0 Å². The van der Waals surface area contributed by atoms with Crippen LogP contribution in [0.3, 0.4) is 0 Å². The highest BCUT2D eigenvalue weighted by Crippen LogP contribution is 2.39. The first-order chi connectivity index (χ1) is 13.8. The van der Waals surface area contributed by atoms with Crippen LogP contribution in [0.25, 0.3) is 6.08 Å². The van der Waals surface area contributed by atoms with Gasteiger partial charge in [0.25, 0.3) is 11.1 Å². The molecular formula is C21H19BrClNO4S. The number of ether oxygens (including phenoxy) is 2. The molecular weight excluding hydrogens is 478 g/mol. The lowest BCUT2D eigenvalue weighted by atomic mass is 10.1. The number of imide groups is 1. The van der Waals surface area contributed by atoms with Crippen LogP contribution in [0.5, 0.6) is 11.5 Å². The number of benzene rings is 2. The molecule has 0 bridgehead atoms. The maximum Gasteiger partial charge on any atom is 0.293 e. The largest absolute Gasteiger partial charge is 0.493 e. The van der Waals surface area contributed by atoms with Crippen LogP contribution in [0, 0.1) is 0 Å². The van der Waals surface area contributed by atoms with Crippen LogP contribution in [0.15, 0.2) is 45.8 Å². The average molecular weight is 497 g/mol. The number of halogens is 2. The lowest BCUT2D eigenvalue weighted by Crippen LogP contribution is -2.34. The lowest BCUT2D eigenvalue weighted by molar-refractivity contribution is -0.123. The Hall–Kier alpha value is -1.96. The molecule has 0 saturated carbocycles. The summed E-state index contributed by atoms with van der Waals surface area (Å²) in [5, 5.41) is 0.406. The number of nitrogens with zero attached hydrogens (tertiary/aromatic N) is 1. The number of rotatable bonds is 6. The second-order valence-electron chi connectivity index (χ2n) is 6.59. The van der Waals surface area contributed by atoms with E-state index in [1.165, 1.54) is 4.90 Å². The van der Waals surface area contributed by atoms with Crippen LogP contribution in [-0.2, 0) is 11.4 Å². The van der Waals surface area contributed by atoms with Crippen molar-refractivity contribution in [3.05, 3.63) is 61.9 Å². The Bertz CT molecular complexity index is 975. The number of hydrogen-bond donors (Lipinski definition) is 0. The standard InChI is InChI=1S/C21H19BrClNO4S/c1-12(2)24-20(25)18(29-21(24)26)10-14-8-16(22)19(17(9-14)27-3)28-11-13-4-6-15(23)7-5-13/h4-10,12H,11H2,1-3H3/b18-10-. The zero-order chi connectivity index (χ0) is 21.1. The van der Waals surface area contributed by atoms with E-state index in [1.54, 1.807) is 31.4 Å². The van der Waals surface area contributed by atoms with Gasteiger partial charge >= 0.3 is 0 Å². The normalized spacial score (nSPS) is 15.5. The van der Waals surface area contributed by atoms with E-state index >= 15 is 0 Å². The van der Waals surface area contributed by atoms with Gasteiger partial charge in [0.2, 0.25) is 0 Å². The summed E-state index contributed by atoms with van der Waals surface area (Å²) in [7, 11) is 1.55. The Kier molecular flexibility index (Phi) is 6.93. The molecule has 0 radical (unpaired) electrons. The molecule has 2 aromatic rings. The lowest BCUT2D eigenvalue weighted by Gasteiger charge is -2.16. The Balaban J connectivity index is 1.84.